The van der Waals surface area contributed by atoms with Crippen LogP contribution in [0.2, 0.25) is 0 Å². The Balaban J connectivity index is 3.76. The number of rotatable bonds is 9. The minimum Gasteiger partial charge on any atom is -0.378 e. The van der Waals surface area contributed by atoms with Crippen LogP contribution in [0.3, 0.4) is 0 Å². The van der Waals surface area contributed by atoms with Gasteiger partial charge in [-0.05, 0) is 55.6 Å². The van der Waals surface area contributed by atoms with Crippen molar-refractivity contribution < 1.29 is 9.47 Å². The van der Waals surface area contributed by atoms with Gasteiger partial charge in [-0.3, -0.25) is 4.90 Å². The van der Waals surface area contributed by atoms with Crippen LogP contribution in [-0.4, -0.2) is 74.5 Å². The first-order chi connectivity index (χ1) is 9.05. The van der Waals surface area contributed by atoms with E-state index in [1.165, 1.54) is 0 Å². The molecule has 0 saturated carbocycles. The molecule has 0 radical (unpaired) electrons. The quantitative estimate of drug-likeness (QED) is 0.609. The highest BCUT2D eigenvalue weighted by Crippen LogP contribution is 2.23. The van der Waals surface area contributed by atoms with E-state index < -0.39 is 0 Å². The Morgan fingerprint density at radius 2 is 1.05 bits per heavy atom. The average Bonchev–Trinajstić information content (AvgIpc) is 2.22. The van der Waals surface area contributed by atoms with E-state index in [4.69, 9.17) is 9.47 Å². The van der Waals surface area contributed by atoms with Crippen molar-refractivity contribution in [1.82, 2.24) is 9.80 Å². The molecule has 0 aromatic carbocycles. The lowest BCUT2D eigenvalue weighted by molar-refractivity contribution is -0.00862. The molecule has 0 amide bonds. The zero-order valence-corrected chi connectivity index (χ0v) is 15.0. The predicted molar refractivity (Wildman–Crippen MR) is 86.4 cm³/mol. The van der Waals surface area contributed by atoms with Gasteiger partial charge in [0.1, 0.15) is 0 Å². The molecule has 0 spiro atoms. The third-order valence-corrected chi connectivity index (χ3v) is 3.13. The Morgan fingerprint density at radius 3 is 1.40 bits per heavy atom. The molecule has 0 rings (SSSR count). The first-order valence-electron chi connectivity index (χ1n) is 7.63. The fourth-order valence-electron chi connectivity index (χ4n) is 2.40. The van der Waals surface area contributed by atoms with Crippen molar-refractivity contribution in [2.24, 2.45) is 0 Å². The molecule has 0 fully saturated rings. The van der Waals surface area contributed by atoms with Crippen LogP contribution in [-0.2, 0) is 9.47 Å². The molecule has 0 saturated heterocycles. The summed E-state index contributed by atoms with van der Waals surface area (Å²) in [6, 6.07) is 0. The Morgan fingerprint density at radius 1 is 0.650 bits per heavy atom. The molecule has 0 aromatic heterocycles. The van der Waals surface area contributed by atoms with Gasteiger partial charge in [0.15, 0.2) is 0 Å². The summed E-state index contributed by atoms with van der Waals surface area (Å²) in [6.45, 7) is 18.3. The largest absolute Gasteiger partial charge is 0.378 e. The van der Waals surface area contributed by atoms with Crippen LogP contribution in [0.5, 0.6) is 0 Å². The molecular formula is C16H36N2O2. The molecule has 0 unspecified atom stereocenters. The van der Waals surface area contributed by atoms with Crippen molar-refractivity contribution in [3.8, 4) is 0 Å². The maximum absolute atomic E-state index is 5.68. The lowest BCUT2D eigenvalue weighted by atomic mass is 9.96. The number of hydrogen-bond donors (Lipinski definition) is 0. The second-order valence-electron chi connectivity index (χ2n) is 7.52. The van der Waals surface area contributed by atoms with E-state index in [2.05, 4.69) is 51.3 Å². The fourth-order valence-corrected chi connectivity index (χ4v) is 2.40. The summed E-state index contributed by atoms with van der Waals surface area (Å²) in [4.78, 5) is 4.60. The van der Waals surface area contributed by atoms with Crippen LogP contribution in [0, 0.1) is 0 Å². The van der Waals surface area contributed by atoms with Crippen molar-refractivity contribution >= 4 is 0 Å². The molecule has 20 heavy (non-hydrogen) atoms. The molecule has 4 heteroatoms. The molecule has 0 aliphatic carbocycles. The van der Waals surface area contributed by atoms with Crippen LogP contribution in [0.15, 0.2) is 0 Å². The standard InChI is InChI=1S/C16H36N2O2/c1-15(2,3)18(16(4,5)6)10-12-20-14-13-19-11-9-17(7)8/h9-14H2,1-8H3. The highest BCUT2D eigenvalue weighted by Gasteiger charge is 2.30. The minimum absolute atomic E-state index is 0.157. The van der Waals surface area contributed by atoms with E-state index in [1.807, 2.05) is 14.1 Å². The Bertz CT molecular complexity index is 228. The minimum atomic E-state index is 0.157. The van der Waals surface area contributed by atoms with Crippen molar-refractivity contribution in [3.05, 3.63) is 0 Å². The van der Waals surface area contributed by atoms with Crippen molar-refractivity contribution in [2.45, 2.75) is 52.6 Å². The van der Waals surface area contributed by atoms with Gasteiger partial charge < -0.3 is 14.4 Å². The van der Waals surface area contributed by atoms with Gasteiger partial charge in [0.25, 0.3) is 0 Å². The summed E-state index contributed by atoms with van der Waals surface area (Å²) >= 11 is 0. The normalized spacial score (nSPS) is 13.5. The van der Waals surface area contributed by atoms with E-state index in [-0.39, 0.29) is 11.1 Å². The highest BCUT2D eigenvalue weighted by atomic mass is 16.5. The van der Waals surface area contributed by atoms with E-state index in [1.54, 1.807) is 0 Å². The monoisotopic (exact) mass is 288 g/mol. The third-order valence-electron chi connectivity index (χ3n) is 3.13. The third kappa shape index (κ3) is 9.70. The number of ether oxygens (including phenoxy) is 2. The van der Waals surface area contributed by atoms with Gasteiger partial charge in [0, 0.05) is 24.2 Å². The Kier molecular flexibility index (Phi) is 8.91. The molecule has 122 valence electrons. The van der Waals surface area contributed by atoms with Crippen LogP contribution >= 0.6 is 0 Å². The maximum atomic E-state index is 5.68. The van der Waals surface area contributed by atoms with Gasteiger partial charge in [0.2, 0.25) is 0 Å². The zero-order chi connectivity index (χ0) is 15.8. The first kappa shape index (κ1) is 19.8. The van der Waals surface area contributed by atoms with Crippen LogP contribution in [0.4, 0.5) is 0 Å². The lowest BCUT2D eigenvalue weighted by Gasteiger charge is -2.45. The molecule has 4 nitrogen and oxygen atoms in total. The summed E-state index contributed by atoms with van der Waals surface area (Å²) in [5.41, 5.74) is 0.313. The van der Waals surface area contributed by atoms with Gasteiger partial charge in [-0.2, -0.15) is 0 Å². The first-order valence-corrected chi connectivity index (χ1v) is 7.63. The van der Waals surface area contributed by atoms with Gasteiger partial charge in [-0.15, -0.1) is 0 Å². The second kappa shape index (κ2) is 8.98. The average molecular weight is 288 g/mol. The molecule has 0 atom stereocenters. The summed E-state index contributed by atoms with van der Waals surface area (Å²) in [6.07, 6.45) is 0. The molecule has 0 N–H and O–H groups in total. The Labute approximate surface area is 126 Å². The summed E-state index contributed by atoms with van der Waals surface area (Å²) in [7, 11) is 4.10. The number of nitrogens with zero attached hydrogens (tertiary/aromatic N) is 2. The molecule has 0 aliphatic rings. The topological polar surface area (TPSA) is 24.9 Å². The van der Waals surface area contributed by atoms with Crippen molar-refractivity contribution in [1.29, 1.82) is 0 Å². The molecule has 0 aliphatic heterocycles. The molecular weight excluding hydrogens is 252 g/mol. The SMILES string of the molecule is CN(C)CCOCCOCCN(C(C)(C)C)C(C)(C)C. The van der Waals surface area contributed by atoms with E-state index in [0.717, 1.165) is 26.3 Å². The summed E-state index contributed by atoms with van der Waals surface area (Å²) in [5, 5.41) is 0. The van der Waals surface area contributed by atoms with E-state index in [0.29, 0.717) is 13.2 Å². The highest BCUT2D eigenvalue weighted by molar-refractivity contribution is 4.86. The van der Waals surface area contributed by atoms with Crippen molar-refractivity contribution in [3.63, 3.8) is 0 Å². The van der Waals surface area contributed by atoms with Gasteiger partial charge in [-0.1, -0.05) is 0 Å². The fraction of sp³-hybridized carbons (Fsp3) is 1.00. The van der Waals surface area contributed by atoms with Crippen LogP contribution in [0.25, 0.3) is 0 Å². The molecule has 0 bridgehead atoms. The van der Waals surface area contributed by atoms with Crippen LogP contribution in [0.1, 0.15) is 41.5 Å². The van der Waals surface area contributed by atoms with Gasteiger partial charge >= 0.3 is 0 Å². The molecule has 0 aromatic rings. The number of likely N-dealkylation sites (N-methyl/N-ethyl adjacent to an activating group) is 1. The summed E-state index contributed by atoms with van der Waals surface area (Å²) < 4.78 is 11.2. The summed E-state index contributed by atoms with van der Waals surface area (Å²) in [5.74, 6) is 0. The van der Waals surface area contributed by atoms with E-state index in [9.17, 15) is 0 Å². The smallest absolute Gasteiger partial charge is 0.0701 e. The van der Waals surface area contributed by atoms with Gasteiger partial charge in [0.05, 0.1) is 26.4 Å². The lowest BCUT2D eigenvalue weighted by Crippen LogP contribution is -2.53. The van der Waals surface area contributed by atoms with Gasteiger partial charge in [-0.25, -0.2) is 0 Å². The Hall–Kier alpha value is -0.160. The molecule has 0 heterocycles. The zero-order valence-electron chi connectivity index (χ0n) is 15.0. The van der Waals surface area contributed by atoms with E-state index >= 15 is 0 Å². The predicted octanol–water partition coefficient (Wildman–Crippen LogP) is 2.48. The van der Waals surface area contributed by atoms with Crippen LogP contribution < -0.4 is 0 Å². The van der Waals surface area contributed by atoms with Crippen molar-refractivity contribution in [2.75, 3.05) is 53.6 Å². The maximum Gasteiger partial charge on any atom is 0.0701 e. The number of hydrogen-bond acceptors (Lipinski definition) is 4. The second-order valence-corrected chi connectivity index (χ2v) is 7.52.